The van der Waals surface area contributed by atoms with Gasteiger partial charge < -0.3 is 9.80 Å². The summed E-state index contributed by atoms with van der Waals surface area (Å²) in [6, 6.07) is 9.68. The molecular formula is C21H22F3N5O2. The number of amides is 1. The number of hydrogen-bond acceptors (Lipinski definition) is 4. The monoisotopic (exact) mass is 433 g/mol. The van der Waals surface area contributed by atoms with E-state index < -0.39 is 11.7 Å². The van der Waals surface area contributed by atoms with Gasteiger partial charge in [0.1, 0.15) is 12.4 Å². The van der Waals surface area contributed by atoms with Gasteiger partial charge in [0.05, 0.1) is 16.6 Å². The summed E-state index contributed by atoms with van der Waals surface area (Å²) >= 11 is 0. The molecule has 2 aromatic heterocycles. The van der Waals surface area contributed by atoms with Gasteiger partial charge in [0.15, 0.2) is 0 Å². The Morgan fingerprint density at radius 1 is 1.03 bits per heavy atom. The maximum Gasteiger partial charge on any atom is 0.417 e. The molecule has 1 amide bonds. The molecule has 1 aromatic carbocycles. The molecule has 0 spiro atoms. The zero-order valence-electron chi connectivity index (χ0n) is 17.0. The van der Waals surface area contributed by atoms with Crippen molar-refractivity contribution in [1.29, 1.82) is 0 Å². The van der Waals surface area contributed by atoms with Crippen molar-refractivity contribution in [3.05, 3.63) is 58.6 Å². The van der Waals surface area contributed by atoms with Crippen molar-refractivity contribution >= 4 is 22.8 Å². The first-order valence-corrected chi connectivity index (χ1v) is 9.96. The number of para-hydroxylation sites is 2. The van der Waals surface area contributed by atoms with E-state index in [0.29, 0.717) is 43.9 Å². The quantitative estimate of drug-likeness (QED) is 0.637. The van der Waals surface area contributed by atoms with Gasteiger partial charge in [-0.3, -0.25) is 13.9 Å². The van der Waals surface area contributed by atoms with Crippen molar-refractivity contribution < 1.29 is 18.0 Å². The smallest absolute Gasteiger partial charge is 0.355 e. The van der Waals surface area contributed by atoms with Crippen molar-refractivity contribution in [2.24, 2.45) is 7.05 Å². The van der Waals surface area contributed by atoms with Crippen molar-refractivity contribution in [2.45, 2.75) is 19.1 Å². The fourth-order valence-electron chi connectivity index (χ4n) is 3.89. The molecule has 1 aliphatic rings. The lowest BCUT2D eigenvalue weighted by molar-refractivity contribution is -0.137. The molecule has 164 valence electrons. The minimum Gasteiger partial charge on any atom is -0.355 e. The average molecular weight is 433 g/mol. The maximum absolute atomic E-state index is 12.9. The molecular weight excluding hydrogens is 411 g/mol. The van der Waals surface area contributed by atoms with E-state index in [1.807, 2.05) is 29.2 Å². The zero-order valence-corrected chi connectivity index (χ0v) is 17.0. The molecule has 3 aromatic rings. The second-order valence-corrected chi connectivity index (χ2v) is 7.54. The molecule has 0 saturated carbocycles. The number of imidazole rings is 1. The Hall–Kier alpha value is -3.30. The molecule has 4 rings (SSSR count). The van der Waals surface area contributed by atoms with Crippen LogP contribution in [0, 0.1) is 0 Å². The van der Waals surface area contributed by atoms with Gasteiger partial charge >= 0.3 is 11.9 Å². The predicted octanol–water partition coefficient (Wildman–Crippen LogP) is 2.49. The van der Waals surface area contributed by atoms with Crippen molar-refractivity contribution in [2.75, 3.05) is 31.1 Å². The number of pyridine rings is 1. The molecule has 1 aliphatic heterocycles. The summed E-state index contributed by atoms with van der Waals surface area (Å²) in [5.74, 6) is 0.285. The summed E-state index contributed by atoms with van der Waals surface area (Å²) < 4.78 is 41.2. The number of benzene rings is 1. The van der Waals surface area contributed by atoms with Crippen molar-refractivity contribution in [3.8, 4) is 0 Å². The number of aromatic nitrogens is 3. The fourth-order valence-corrected chi connectivity index (χ4v) is 3.89. The number of carbonyl (C=O) groups is 1. The Balaban J connectivity index is 1.45. The Kier molecular flexibility index (Phi) is 5.47. The number of nitrogens with zero attached hydrogens (tertiary/aromatic N) is 5. The first-order valence-electron chi connectivity index (χ1n) is 9.96. The number of rotatable bonds is 3. The van der Waals surface area contributed by atoms with Crippen LogP contribution in [0.3, 0.4) is 0 Å². The number of halogens is 3. The molecule has 3 heterocycles. The van der Waals surface area contributed by atoms with E-state index in [9.17, 15) is 22.8 Å². The minimum absolute atomic E-state index is 0.0568. The van der Waals surface area contributed by atoms with Crippen LogP contribution in [0.25, 0.3) is 11.0 Å². The largest absolute Gasteiger partial charge is 0.417 e. The topological polar surface area (TPSA) is 63.4 Å². The Bertz CT molecular complexity index is 1150. The summed E-state index contributed by atoms with van der Waals surface area (Å²) in [5.41, 5.74) is 0.424. The van der Waals surface area contributed by atoms with Gasteiger partial charge in [-0.2, -0.15) is 13.2 Å². The summed E-state index contributed by atoms with van der Waals surface area (Å²) in [6.07, 6.45) is -2.94. The lowest BCUT2D eigenvalue weighted by Crippen LogP contribution is -2.39. The second-order valence-electron chi connectivity index (χ2n) is 7.54. The van der Waals surface area contributed by atoms with Gasteiger partial charge in [0.25, 0.3) is 0 Å². The van der Waals surface area contributed by atoms with E-state index in [-0.39, 0.29) is 18.1 Å². The van der Waals surface area contributed by atoms with Gasteiger partial charge in [-0.15, -0.1) is 0 Å². The zero-order chi connectivity index (χ0) is 22.2. The van der Waals surface area contributed by atoms with Crippen LogP contribution in [0.5, 0.6) is 0 Å². The van der Waals surface area contributed by atoms with Crippen LogP contribution in [0.4, 0.5) is 19.0 Å². The average Bonchev–Trinajstić information content (AvgIpc) is 2.93. The molecule has 1 saturated heterocycles. The third-order valence-electron chi connectivity index (χ3n) is 5.59. The van der Waals surface area contributed by atoms with Crippen LogP contribution in [0.1, 0.15) is 12.0 Å². The molecule has 10 heteroatoms. The van der Waals surface area contributed by atoms with E-state index in [1.165, 1.54) is 15.2 Å². The Labute approximate surface area is 176 Å². The summed E-state index contributed by atoms with van der Waals surface area (Å²) in [5, 5.41) is 0. The van der Waals surface area contributed by atoms with E-state index in [4.69, 9.17) is 0 Å². The number of alkyl halides is 3. The van der Waals surface area contributed by atoms with Crippen LogP contribution in [-0.2, 0) is 24.6 Å². The predicted molar refractivity (Wildman–Crippen MR) is 110 cm³/mol. The highest BCUT2D eigenvalue weighted by Gasteiger charge is 2.31. The first-order chi connectivity index (χ1) is 14.8. The fraction of sp³-hybridized carbons (Fsp3) is 0.381. The van der Waals surface area contributed by atoms with Gasteiger partial charge in [0.2, 0.25) is 5.91 Å². The molecule has 0 radical (unpaired) electrons. The number of hydrogen-bond donors (Lipinski definition) is 0. The summed E-state index contributed by atoms with van der Waals surface area (Å²) in [6.45, 7) is 1.89. The van der Waals surface area contributed by atoms with Crippen LogP contribution < -0.4 is 10.6 Å². The highest BCUT2D eigenvalue weighted by Crippen LogP contribution is 2.29. The second kappa shape index (κ2) is 8.09. The molecule has 31 heavy (non-hydrogen) atoms. The lowest BCUT2D eigenvalue weighted by atomic mass is 10.2. The Morgan fingerprint density at radius 3 is 2.45 bits per heavy atom. The van der Waals surface area contributed by atoms with Crippen molar-refractivity contribution in [3.63, 3.8) is 0 Å². The van der Waals surface area contributed by atoms with Crippen molar-refractivity contribution in [1.82, 2.24) is 19.0 Å². The highest BCUT2D eigenvalue weighted by molar-refractivity contribution is 5.81. The van der Waals surface area contributed by atoms with E-state index in [0.717, 1.165) is 17.8 Å². The van der Waals surface area contributed by atoms with Gasteiger partial charge in [-0.1, -0.05) is 12.1 Å². The van der Waals surface area contributed by atoms with Gasteiger partial charge in [-0.25, -0.2) is 9.78 Å². The van der Waals surface area contributed by atoms with E-state index in [2.05, 4.69) is 4.98 Å². The normalized spacial score (nSPS) is 15.4. The number of carbonyl (C=O) groups excluding carboxylic acids is 1. The molecule has 7 nitrogen and oxygen atoms in total. The van der Waals surface area contributed by atoms with E-state index in [1.54, 1.807) is 11.9 Å². The van der Waals surface area contributed by atoms with Crippen LogP contribution in [-0.4, -0.2) is 51.1 Å². The standard InChI is InChI=1S/C21H22F3N5O2/c1-26-16-5-2-3-6-17(16)29(20(26)31)14-19(30)28-10-4-9-27(11-12-28)18-8-7-15(13-25-18)21(22,23)24/h2-3,5-8,13H,4,9-12,14H2,1H3. The van der Waals surface area contributed by atoms with Gasteiger partial charge in [0, 0.05) is 39.4 Å². The van der Waals surface area contributed by atoms with E-state index >= 15 is 0 Å². The number of aryl methyl sites for hydroxylation is 1. The molecule has 1 fully saturated rings. The number of anilines is 1. The highest BCUT2D eigenvalue weighted by atomic mass is 19.4. The maximum atomic E-state index is 12.9. The molecule has 0 N–H and O–H groups in total. The van der Waals surface area contributed by atoms with Crippen LogP contribution >= 0.6 is 0 Å². The first kappa shape index (κ1) is 21.0. The summed E-state index contributed by atoms with van der Waals surface area (Å²) in [4.78, 5) is 33.0. The third kappa shape index (κ3) is 4.14. The SMILES string of the molecule is Cn1c(=O)n(CC(=O)N2CCCN(c3ccc(C(F)(F)F)cn3)CC2)c2ccccc21. The number of fused-ring (bicyclic) bond motifs is 1. The minimum atomic E-state index is -4.42. The lowest BCUT2D eigenvalue weighted by Gasteiger charge is -2.23. The van der Waals surface area contributed by atoms with Gasteiger partial charge in [-0.05, 0) is 30.7 Å². The molecule has 0 aliphatic carbocycles. The molecule has 0 atom stereocenters. The molecule has 0 unspecified atom stereocenters. The molecule has 0 bridgehead atoms. The summed E-state index contributed by atoms with van der Waals surface area (Å²) in [7, 11) is 1.67. The van der Waals surface area contributed by atoms with Crippen LogP contribution in [0.2, 0.25) is 0 Å². The third-order valence-corrected chi connectivity index (χ3v) is 5.59. The van der Waals surface area contributed by atoms with Crippen LogP contribution in [0.15, 0.2) is 47.4 Å². The Morgan fingerprint density at radius 2 is 1.77 bits per heavy atom.